The molecule has 0 bridgehead atoms. The fourth-order valence-corrected chi connectivity index (χ4v) is 5.00. The van der Waals surface area contributed by atoms with Crippen molar-refractivity contribution in [1.29, 1.82) is 0 Å². The Labute approximate surface area is 157 Å². The van der Waals surface area contributed by atoms with Crippen LogP contribution in [0, 0.1) is 11.8 Å². The summed E-state index contributed by atoms with van der Waals surface area (Å²) in [5, 5.41) is 8.32. The molecule has 26 heavy (non-hydrogen) atoms. The molecular formula is C17H27N3O5S. The average molecular weight is 385 g/mol. The molecule has 8 nitrogen and oxygen atoms in total. The average Bonchev–Trinajstić information content (AvgIpc) is 3.21. The van der Waals surface area contributed by atoms with Crippen molar-refractivity contribution in [1.82, 2.24) is 16.0 Å². The topological polar surface area (TPSA) is 106 Å². The Morgan fingerprint density at radius 1 is 1.23 bits per heavy atom. The van der Waals surface area contributed by atoms with E-state index in [-0.39, 0.29) is 29.4 Å². The maximum absolute atomic E-state index is 12.6. The second-order valence-electron chi connectivity index (χ2n) is 7.28. The van der Waals surface area contributed by atoms with Gasteiger partial charge in [-0.05, 0) is 38.9 Å². The van der Waals surface area contributed by atoms with Gasteiger partial charge in [-0.3, -0.25) is 14.9 Å². The number of thioether (sulfide) groups is 1. The number of hydrogen-bond donors (Lipinski definition) is 3. The molecule has 3 heterocycles. The molecule has 5 atom stereocenters. The lowest BCUT2D eigenvalue weighted by Crippen LogP contribution is -2.52. The molecule has 3 amide bonds. The molecule has 3 rings (SSSR count). The van der Waals surface area contributed by atoms with E-state index in [1.807, 2.05) is 0 Å². The summed E-state index contributed by atoms with van der Waals surface area (Å²) in [6.07, 6.45) is 1.38. The quantitative estimate of drug-likeness (QED) is 0.651. The standard InChI is InChI=1S/C17H27N3O5S/c1-9(2)25-17(23)20-15(22)11-4-6-26-16(11)19-14(21)10-7-13-12(18-8-10)3-5-24-13/h9-13,16,18H,3-8H2,1-2H3,(H,19,21)(H,20,22,23). The summed E-state index contributed by atoms with van der Waals surface area (Å²) >= 11 is 1.54. The van der Waals surface area contributed by atoms with Gasteiger partial charge in [0, 0.05) is 19.2 Å². The lowest BCUT2D eigenvalue weighted by molar-refractivity contribution is -0.128. The van der Waals surface area contributed by atoms with Crippen LogP contribution in [0.4, 0.5) is 4.79 Å². The maximum Gasteiger partial charge on any atom is 0.414 e. The Hall–Kier alpha value is -1.32. The third-order valence-electron chi connectivity index (χ3n) is 5.00. The van der Waals surface area contributed by atoms with Crippen molar-refractivity contribution in [3.63, 3.8) is 0 Å². The number of rotatable bonds is 4. The molecule has 3 aliphatic heterocycles. The number of nitrogens with one attached hydrogen (secondary N) is 3. The summed E-state index contributed by atoms with van der Waals surface area (Å²) in [7, 11) is 0. The number of carbonyl (C=O) groups is 3. The predicted octanol–water partition coefficient (Wildman–Crippen LogP) is 0.610. The molecule has 3 aliphatic rings. The maximum atomic E-state index is 12.6. The summed E-state index contributed by atoms with van der Waals surface area (Å²) < 4.78 is 10.6. The fourth-order valence-electron chi connectivity index (χ4n) is 3.67. The van der Waals surface area contributed by atoms with E-state index in [0.717, 1.165) is 18.8 Å². The van der Waals surface area contributed by atoms with Crippen LogP contribution in [0.15, 0.2) is 0 Å². The van der Waals surface area contributed by atoms with Crippen molar-refractivity contribution < 1.29 is 23.9 Å². The van der Waals surface area contributed by atoms with Crippen molar-refractivity contribution in [3.8, 4) is 0 Å². The van der Waals surface area contributed by atoms with Gasteiger partial charge in [0.2, 0.25) is 11.8 Å². The summed E-state index contributed by atoms with van der Waals surface area (Å²) in [5.41, 5.74) is 0. The van der Waals surface area contributed by atoms with Crippen LogP contribution < -0.4 is 16.0 Å². The Morgan fingerprint density at radius 2 is 2.04 bits per heavy atom. The second-order valence-corrected chi connectivity index (χ2v) is 8.53. The van der Waals surface area contributed by atoms with Gasteiger partial charge in [0.15, 0.2) is 0 Å². The van der Waals surface area contributed by atoms with Gasteiger partial charge in [-0.2, -0.15) is 0 Å². The summed E-state index contributed by atoms with van der Waals surface area (Å²) in [4.78, 5) is 36.6. The van der Waals surface area contributed by atoms with E-state index >= 15 is 0 Å². The Balaban J connectivity index is 1.50. The number of imide groups is 1. The molecule has 9 heteroatoms. The third-order valence-corrected chi connectivity index (χ3v) is 6.28. The van der Waals surface area contributed by atoms with Gasteiger partial charge in [-0.1, -0.05) is 0 Å². The molecule has 0 spiro atoms. The van der Waals surface area contributed by atoms with Gasteiger partial charge in [0.1, 0.15) is 0 Å². The number of ether oxygens (including phenoxy) is 2. The molecular weight excluding hydrogens is 358 g/mol. The van der Waals surface area contributed by atoms with Crippen LogP contribution in [0.5, 0.6) is 0 Å². The van der Waals surface area contributed by atoms with Crippen LogP contribution >= 0.6 is 11.8 Å². The zero-order valence-electron chi connectivity index (χ0n) is 15.2. The van der Waals surface area contributed by atoms with Gasteiger partial charge < -0.3 is 20.1 Å². The minimum absolute atomic E-state index is 0.0617. The number of piperidine rings is 1. The van der Waals surface area contributed by atoms with Crippen LogP contribution in [0.3, 0.4) is 0 Å². The molecule has 5 unspecified atom stereocenters. The summed E-state index contributed by atoms with van der Waals surface area (Å²) in [5.74, 6) is -0.292. The Morgan fingerprint density at radius 3 is 2.81 bits per heavy atom. The van der Waals surface area contributed by atoms with E-state index in [4.69, 9.17) is 9.47 Å². The number of alkyl carbamates (subject to hydrolysis) is 1. The van der Waals surface area contributed by atoms with Crippen LogP contribution in [0.25, 0.3) is 0 Å². The van der Waals surface area contributed by atoms with E-state index in [1.165, 1.54) is 11.8 Å². The zero-order chi connectivity index (χ0) is 18.7. The zero-order valence-corrected chi connectivity index (χ0v) is 16.0. The van der Waals surface area contributed by atoms with E-state index in [0.29, 0.717) is 25.4 Å². The van der Waals surface area contributed by atoms with Crippen LogP contribution in [-0.4, -0.2) is 60.4 Å². The third kappa shape index (κ3) is 4.69. The molecule has 0 radical (unpaired) electrons. The van der Waals surface area contributed by atoms with Gasteiger partial charge in [-0.25, -0.2) is 4.79 Å². The van der Waals surface area contributed by atoms with Crippen LogP contribution in [0.1, 0.15) is 33.1 Å². The largest absolute Gasteiger partial charge is 0.447 e. The number of carbonyl (C=O) groups excluding carboxylic acids is 3. The smallest absolute Gasteiger partial charge is 0.414 e. The molecule has 0 aromatic carbocycles. The van der Waals surface area contributed by atoms with E-state index in [2.05, 4.69) is 16.0 Å². The van der Waals surface area contributed by atoms with Crippen molar-refractivity contribution in [3.05, 3.63) is 0 Å². The number of hydrogen-bond acceptors (Lipinski definition) is 7. The van der Waals surface area contributed by atoms with Crippen molar-refractivity contribution in [2.75, 3.05) is 18.9 Å². The normalized spacial score (nSPS) is 33.6. The van der Waals surface area contributed by atoms with Crippen LogP contribution in [0.2, 0.25) is 0 Å². The molecule has 3 saturated heterocycles. The molecule has 3 N–H and O–H groups in total. The van der Waals surface area contributed by atoms with Gasteiger partial charge in [0.05, 0.1) is 29.4 Å². The van der Waals surface area contributed by atoms with Crippen molar-refractivity contribution >= 4 is 29.7 Å². The van der Waals surface area contributed by atoms with Crippen molar-refractivity contribution in [2.24, 2.45) is 11.8 Å². The lowest BCUT2D eigenvalue weighted by atomic mass is 9.91. The van der Waals surface area contributed by atoms with E-state index in [9.17, 15) is 14.4 Å². The number of fused-ring (bicyclic) bond motifs is 1. The monoisotopic (exact) mass is 385 g/mol. The summed E-state index contributed by atoms with van der Waals surface area (Å²) in [6.45, 7) is 4.81. The minimum atomic E-state index is -0.743. The fraction of sp³-hybridized carbons (Fsp3) is 0.824. The predicted molar refractivity (Wildman–Crippen MR) is 96.5 cm³/mol. The van der Waals surface area contributed by atoms with Gasteiger partial charge in [-0.15, -0.1) is 11.8 Å². The van der Waals surface area contributed by atoms with E-state index in [1.54, 1.807) is 13.8 Å². The van der Waals surface area contributed by atoms with Gasteiger partial charge in [0.25, 0.3) is 0 Å². The Bertz CT molecular complexity index is 559. The Kier molecular flexibility index (Phi) is 6.42. The highest BCUT2D eigenvalue weighted by atomic mass is 32.2. The molecule has 146 valence electrons. The molecule has 0 aromatic rings. The molecule has 0 saturated carbocycles. The first-order chi connectivity index (χ1) is 12.4. The van der Waals surface area contributed by atoms with Gasteiger partial charge >= 0.3 is 6.09 Å². The highest BCUT2D eigenvalue weighted by Crippen LogP contribution is 2.32. The molecule has 0 aliphatic carbocycles. The van der Waals surface area contributed by atoms with Crippen LogP contribution in [-0.2, 0) is 19.1 Å². The highest BCUT2D eigenvalue weighted by molar-refractivity contribution is 8.00. The van der Waals surface area contributed by atoms with E-state index < -0.39 is 17.9 Å². The molecule has 0 aromatic heterocycles. The molecule has 3 fully saturated rings. The second kappa shape index (κ2) is 8.58. The first-order valence-electron chi connectivity index (χ1n) is 9.22. The SMILES string of the molecule is CC(C)OC(=O)NC(=O)C1CCSC1NC(=O)C1CNC2CCOC2C1. The lowest BCUT2D eigenvalue weighted by Gasteiger charge is -2.32. The first kappa shape index (κ1) is 19.4. The number of amides is 3. The first-order valence-corrected chi connectivity index (χ1v) is 10.3. The highest BCUT2D eigenvalue weighted by Gasteiger charge is 2.40. The minimum Gasteiger partial charge on any atom is -0.447 e. The summed E-state index contributed by atoms with van der Waals surface area (Å²) in [6, 6.07) is 0.352. The van der Waals surface area contributed by atoms with Crippen molar-refractivity contribution in [2.45, 2.75) is 56.7 Å².